The molecule has 3 aromatic rings. The summed E-state index contributed by atoms with van der Waals surface area (Å²) in [5, 5.41) is 0.592. The lowest BCUT2D eigenvalue weighted by Crippen LogP contribution is -2.38. The molecule has 3 rings (SSSR count). The van der Waals surface area contributed by atoms with E-state index >= 15 is 0 Å². The summed E-state index contributed by atoms with van der Waals surface area (Å²) >= 11 is 1.33. The van der Waals surface area contributed by atoms with Gasteiger partial charge in [-0.1, -0.05) is 42.5 Å². The predicted octanol–water partition coefficient (Wildman–Crippen LogP) is 6.71. The zero-order valence-electron chi connectivity index (χ0n) is 19.3. The number of aryl methyl sites for hydroxylation is 1. The molecule has 0 amide bonds. The van der Waals surface area contributed by atoms with Gasteiger partial charge in [-0.2, -0.15) is 13.2 Å². The number of thiazole rings is 1. The molecule has 0 saturated carbocycles. The van der Waals surface area contributed by atoms with Crippen molar-refractivity contribution >= 4 is 17.3 Å². The molecule has 9 heteroatoms. The lowest BCUT2D eigenvalue weighted by atomic mass is 10.1. The average Bonchev–Trinajstić information content (AvgIpc) is 3.17. The van der Waals surface area contributed by atoms with Gasteiger partial charge in [0.2, 0.25) is 0 Å². The van der Waals surface area contributed by atoms with Crippen LogP contribution in [0.15, 0.2) is 54.6 Å². The Morgan fingerprint density at radius 2 is 1.71 bits per heavy atom. The van der Waals surface area contributed by atoms with Crippen LogP contribution in [0.4, 0.5) is 13.2 Å². The second-order valence-electron chi connectivity index (χ2n) is 8.00. The van der Waals surface area contributed by atoms with E-state index in [1.165, 1.54) is 23.5 Å². The molecule has 2 aromatic carbocycles. The van der Waals surface area contributed by atoms with E-state index < -0.39 is 29.6 Å². The maximum absolute atomic E-state index is 12.8. The van der Waals surface area contributed by atoms with Gasteiger partial charge < -0.3 is 14.2 Å². The highest BCUT2D eigenvalue weighted by molar-refractivity contribution is 7.15. The Morgan fingerprint density at radius 3 is 2.29 bits per heavy atom. The third-order valence-corrected chi connectivity index (χ3v) is 6.14. The van der Waals surface area contributed by atoms with E-state index in [4.69, 9.17) is 14.2 Å². The lowest BCUT2D eigenvalue weighted by Gasteiger charge is -2.29. The first-order valence-electron chi connectivity index (χ1n) is 10.7. The molecule has 0 bridgehead atoms. The topological polar surface area (TPSA) is 57.7 Å². The van der Waals surface area contributed by atoms with Crippen LogP contribution in [0.5, 0.6) is 0 Å². The average molecular weight is 494 g/mol. The Balaban J connectivity index is 1.78. The summed E-state index contributed by atoms with van der Waals surface area (Å²) in [6.45, 7) is 7.14. The number of carbonyl (C=O) groups excluding carboxylic acids is 1. The van der Waals surface area contributed by atoms with Crippen LogP contribution in [-0.2, 0) is 31.8 Å². The van der Waals surface area contributed by atoms with Crippen molar-refractivity contribution in [2.75, 3.05) is 6.61 Å². The minimum absolute atomic E-state index is 0.141. The van der Waals surface area contributed by atoms with Gasteiger partial charge in [-0.05, 0) is 39.8 Å². The predicted molar refractivity (Wildman–Crippen MR) is 123 cm³/mol. The van der Waals surface area contributed by atoms with Crippen molar-refractivity contribution in [1.29, 1.82) is 0 Å². The number of esters is 1. The molecule has 0 radical (unpaired) electrons. The number of nitrogens with zero attached hydrogens (tertiary/aromatic N) is 1. The Labute approximate surface area is 200 Å². The number of halogens is 3. The Kier molecular flexibility index (Phi) is 8.12. The molecule has 182 valence electrons. The molecule has 1 unspecified atom stereocenters. The van der Waals surface area contributed by atoms with E-state index in [0.29, 0.717) is 16.3 Å². The first kappa shape index (κ1) is 25.9. The van der Waals surface area contributed by atoms with E-state index in [0.717, 1.165) is 22.6 Å². The summed E-state index contributed by atoms with van der Waals surface area (Å²) in [6.07, 6.45) is -5.24. The summed E-state index contributed by atoms with van der Waals surface area (Å²) in [7, 11) is 0. The fourth-order valence-corrected chi connectivity index (χ4v) is 4.06. The Morgan fingerprint density at radius 1 is 1.06 bits per heavy atom. The normalized spacial score (nSPS) is 13.0. The second-order valence-corrected chi connectivity index (χ2v) is 9.09. The van der Waals surface area contributed by atoms with Gasteiger partial charge in [0, 0.05) is 11.1 Å². The molecule has 5 nitrogen and oxygen atoms in total. The Bertz CT molecular complexity index is 1100. The van der Waals surface area contributed by atoms with Crippen LogP contribution in [0.1, 0.15) is 48.8 Å². The number of aromatic nitrogens is 1. The van der Waals surface area contributed by atoms with Crippen molar-refractivity contribution < 1.29 is 32.2 Å². The fraction of sp³-hybridized carbons (Fsp3) is 0.360. The number of ether oxygens (including phenoxy) is 3. The molecule has 0 aliphatic heterocycles. The lowest BCUT2D eigenvalue weighted by molar-refractivity contribution is -0.223. The molecule has 1 aromatic heterocycles. The smallest absolute Gasteiger partial charge is 0.416 e. The first-order chi connectivity index (χ1) is 16.0. The number of benzene rings is 2. The Hall–Kier alpha value is -2.75. The van der Waals surface area contributed by atoms with Crippen molar-refractivity contribution in [2.45, 2.75) is 52.4 Å². The monoisotopic (exact) mass is 493 g/mol. The highest BCUT2D eigenvalue weighted by Gasteiger charge is 2.34. The minimum atomic E-state index is -4.39. The maximum atomic E-state index is 12.8. The first-order valence-corrected chi connectivity index (χ1v) is 11.5. The fourth-order valence-electron chi connectivity index (χ4n) is 3.07. The van der Waals surface area contributed by atoms with Gasteiger partial charge in [0.1, 0.15) is 5.01 Å². The van der Waals surface area contributed by atoms with E-state index in [1.807, 2.05) is 37.3 Å². The summed E-state index contributed by atoms with van der Waals surface area (Å²) in [4.78, 5) is 17.6. The number of hydrogen-bond acceptors (Lipinski definition) is 6. The van der Waals surface area contributed by atoms with Gasteiger partial charge >= 0.3 is 12.1 Å². The van der Waals surface area contributed by atoms with Gasteiger partial charge in [-0.3, -0.25) is 0 Å². The van der Waals surface area contributed by atoms with Crippen molar-refractivity contribution in [3.63, 3.8) is 0 Å². The van der Waals surface area contributed by atoms with Gasteiger partial charge in [0.15, 0.2) is 11.9 Å². The van der Waals surface area contributed by atoms with Crippen LogP contribution in [-0.4, -0.2) is 23.2 Å². The van der Waals surface area contributed by atoms with Crippen LogP contribution in [0, 0.1) is 6.92 Å². The van der Waals surface area contributed by atoms with Crippen LogP contribution in [0.2, 0.25) is 0 Å². The van der Waals surface area contributed by atoms with Gasteiger partial charge in [-0.25, -0.2) is 9.78 Å². The van der Waals surface area contributed by atoms with Crippen LogP contribution >= 0.6 is 11.3 Å². The molecule has 0 aliphatic carbocycles. The van der Waals surface area contributed by atoms with Crippen molar-refractivity contribution in [3.8, 4) is 10.6 Å². The van der Waals surface area contributed by atoms with Crippen molar-refractivity contribution in [1.82, 2.24) is 4.98 Å². The molecular formula is C25H26F3NO4S. The minimum Gasteiger partial charge on any atom is -0.464 e. The van der Waals surface area contributed by atoms with E-state index in [1.54, 1.807) is 20.8 Å². The summed E-state index contributed by atoms with van der Waals surface area (Å²) in [6, 6.07) is 14.1. The highest BCUT2D eigenvalue weighted by atomic mass is 32.1. The van der Waals surface area contributed by atoms with E-state index in [-0.39, 0.29) is 13.2 Å². The third-order valence-electron chi connectivity index (χ3n) is 4.96. The molecular weight excluding hydrogens is 467 g/mol. The van der Waals surface area contributed by atoms with Crippen LogP contribution in [0.3, 0.4) is 0 Å². The molecule has 0 aliphatic rings. The SMILES string of the molecule is CCOC(=O)C(C)(C)OC(OCc1sc(-c2ccc(C(F)(F)F)cc2)nc1C)c1ccccc1. The van der Waals surface area contributed by atoms with Crippen molar-refractivity contribution in [2.24, 2.45) is 0 Å². The van der Waals surface area contributed by atoms with Crippen molar-refractivity contribution in [3.05, 3.63) is 76.3 Å². The molecule has 0 N–H and O–H groups in total. The molecule has 1 heterocycles. The highest BCUT2D eigenvalue weighted by Crippen LogP contribution is 2.34. The number of rotatable bonds is 9. The van der Waals surface area contributed by atoms with E-state index in [2.05, 4.69) is 4.98 Å². The molecule has 34 heavy (non-hydrogen) atoms. The van der Waals surface area contributed by atoms with Crippen LogP contribution < -0.4 is 0 Å². The third kappa shape index (κ3) is 6.43. The number of hydrogen-bond donors (Lipinski definition) is 0. The van der Waals surface area contributed by atoms with E-state index in [9.17, 15) is 18.0 Å². The zero-order chi connectivity index (χ0) is 24.9. The number of carbonyl (C=O) groups is 1. The van der Waals surface area contributed by atoms with Gasteiger partial charge in [-0.15, -0.1) is 11.3 Å². The van der Waals surface area contributed by atoms with Gasteiger partial charge in [0.25, 0.3) is 0 Å². The zero-order valence-corrected chi connectivity index (χ0v) is 20.1. The molecule has 0 saturated heterocycles. The van der Waals surface area contributed by atoms with Gasteiger partial charge in [0.05, 0.1) is 29.3 Å². The maximum Gasteiger partial charge on any atom is 0.416 e. The number of alkyl halides is 3. The standard InChI is InChI=1S/C25H26F3NO4S/c1-5-31-23(30)24(3,4)33-22(18-9-7-6-8-10-18)32-15-20-16(2)29-21(34-20)17-11-13-19(14-12-17)25(26,27)28/h6-14,22H,5,15H2,1-4H3. The molecule has 1 atom stereocenters. The largest absolute Gasteiger partial charge is 0.464 e. The van der Waals surface area contributed by atoms with Crippen LogP contribution in [0.25, 0.3) is 10.6 Å². The quantitative estimate of drug-likeness (QED) is 0.245. The second kappa shape index (κ2) is 10.7. The summed E-state index contributed by atoms with van der Waals surface area (Å²) in [5.74, 6) is -0.502. The molecule has 0 spiro atoms. The summed E-state index contributed by atoms with van der Waals surface area (Å²) < 4.78 is 55.7. The summed E-state index contributed by atoms with van der Waals surface area (Å²) in [5.41, 5.74) is 0.0677. The molecule has 0 fully saturated rings.